The van der Waals surface area contributed by atoms with E-state index < -0.39 is 35.5 Å². The molecule has 2 aromatic heterocycles. The highest BCUT2D eigenvalue weighted by Gasteiger charge is 2.45. The number of pyridine rings is 1. The highest BCUT2D eigenvalue weighted by atomic mass is 32.1. The van der Waals surface area contributed by atoms with Crippen LogP contribution in [0.1, 0.15) is 27.2 Å². The molecule has 0 radical (unpaired) electrons. The van der Waals surface area contributed by atoms with Gasteiger partial charge >= 0.3 is 12.1 Å². The fourth-order valence-electron chi connectivity index (χ4n) is 3.79. The number of carboxylic acids is 1. The van der Waals surface area contributed by atoms with E-state index in [0.717, 1.165) is 10.6 Å². The molecule has 3 atom stereocenters. The van der Waals surface area contributed by atoms with Crippen molar-refractivity contribution >= 4 is 29.3 Å². The van der Waals surface area contributed by atoms with Gasteiger partial charge in [0.25, 0.3) is 0 Å². The van der Waals surface area contributed by atoms with Crippen molar-refractivity contribution in [1.82, 2.24) is 15.2 Å². The summed E-state index contributed by atoms with van der Waals surface area (Å²) < 4.78 is 10.6. The molecule has 0 saturated carbocycles. The summed E-state index contributed by atoms with van der Waals surface area (Å²) in [6.07, 6.45) is 1.19. The number of carboxylic acid groups (broad SMARTS) is 1. The Labute approximate surface area is 196 Å². The van der Waals surface area contributed by atoms with Crippen molar-refractivity contribution in [3.63, 3.8) is 0 Å². The number of ether oxygens (including phenoxy) is 2. The molecule has 1 aliphatic heterocycles. The minimum Gasteiger partial charge on any atom is -0.493 e. The lowest BCUT2D eigenvalue weighted by Crippen LogP contribution is -2.56. The number of methoxy groups -OCH3 is 1. The first-order valence-electron chi connectivity index (χ1n) is 10.6. The number of likely N-dealkylation sites (tertiary alicyclic amines) is 1. The molecule has 0 aliphatic carbocycles. The molecule has 3 heterocycles. The van der Waals surface area contributed by atoms with Crippen LogP contribution in [0.15, 0.2) is 35.8 Å². The second-order valence-electron chi connectivity index (χ2n) is 9.05. The number of carbonyl (C=O) groups is 3. The molecule has 10 heteroatoms. The first-order chi connectivity index (χ1) is 15.6. The van der Waals surface area contributed by atoms with Crippen LogP contribution in [0, 0.1) is 11.3 Å². The summed E-state index contributed by atoms with van der Waals surface area (Å²) in [6.45, 7) is 5.87. The predicted octanol–water partition coefficient (Wildman–Crippen LogP) is 3.26. The van der Waals surface area contributed by atoms with Gasteiger partial charge in [0.05, 0.1) is 24.3 Å². The number of aromatic nitrogens is 1. The second-order valence-corrected chi connectivity index (χ2v) is 9.99. The number of carbonyl (C=O) groups excluding carboxylic acids is 2. The third-order valence-corrected chi connectivity index (χ3v) is 6.40. The Morgan fingerprint density at radius 1 is 1.33 bits per heavy atom. The van der Waals surface area contributed by atoms with E-state index in [1.807, 2.05) is 23.6 Å². The van der Waals surface area contributed by atoms with Gasteiger partial charge in [0.1, 0.15) is 17.8 Å². The number of aliphatic carboxylic acids is 1. The summed E-state index contributed by atoms with van der Waals surface area (Å²) in [4.78, 5) is 43.7. The third kappa shape index (κ3) is 6.01. The van der Waals surface area contributed by atoms with Crippen molar-refractivity contribution in [3.8, 4) is 16.3 Å². The van der Waals surface area contributed by atoms with E-state index in [0.29, 0.717) is 5.75 Å². The van der Waals surface area contributed by atoms with Gasteiger partial charge in [-0.15, -0.1) is 11.3 Å². The number of hydrogen-bond donors (Lipinski definition) is 2. The molecule has 2 N–H and O–H groups in total. The molecule has 0 bridgehead atoms. The summed E-state index contributed by atoms with van der Waals surface area (Å²) in [5.74, 6) is -1.08. The molecule has 0 spiro atoms. The van der Waals surface area contributed by atoms with Crippen LogP contribution in [0.3, 0.4) is 0 Å². The lowest BCUT2D eigenvalue weighted by Gasteiger charge is -2.34. The van der Waals surface area contributed by atoms with Crippen LogP contribution in [0.4, 0.5) is 4.79 Å². The Morgan fingerprint density at radius 3 is 2.70 bits per heavy atom. The zero-order valence-corrected chi connectivity index (χ0v) is 19.9. The van der Waals surface area contributed by atoms with Crippen LogP contribution in [0.2, 0.25) is 0 Å². The molecule has 33 heavy (non-hydrogen) atoms. The van der Waals surface area contributed by atoms with Gasteiger partial charge < -0.3 is 24.8 Å². The quantitative estimate of drug-likeness (QED) is 0.631. The van der Waals surface area contributed by atoms with Crippen LogP contribution in [0.5, 0.6) is 5.75 Å². The van der Waals surface area contributed by atoms with Gasteiger partial charge in [-0.3, -0.25) is 9.78 Å². The lowest BCUT2D eigenvalue weighted by molar-refractivity contribution is -0.150. The van der Waals surface area contributed by atoms with E-state index in [9.17, 15) is 19.5 Å². The van der Waals surface area contributed by atoms with Crippen LogP contribution in [-0.2, 0) is 14.3 Å². The average molecular weight is 476 g/mol. The molecule has 0 aromatic carbocycles. The van der Waals surface area contributed by atoms with E-state index in [1.165, 1.54) is 12.0 Å². The van der Waals surface area contributed by atoms with Gasteiger partial charge in [0.2, 0.25) is 5.91 Å². The molecule has 1 aliphatic rings. The standard InChI is InChI=1S/C23H29N3O6S/c1-23(2,3)19(25-22(30)31-4)20(27)26-12-14(10-17(26)21(28)29)13-32-15-7-8-24-16(11-15)18-6-5-9-33-18/h5-9,11,14,17,19H,10,12-13H2,1-4H3,(H,25,30)(H,28,29)/t14-,17+,19-/m1/s1. The molecule has 0 unspecified atom stereocenters. The minimum atomic E-state index is -1.08. The molecule has 1 fully saturated rings. The third-order valence-electron chi connectivity index (χ3n) is 5.51. The van der Waals surface area contributed by atoms with Crippen LogP contribution in [0.25, 0.3) is 10.6 Å². The summed E-state index contributed by atoms with van der Waals surface area (Å²) in [7, 11) is 1.21. The largest absolute Gasteiger partial charge is 0.493 e. The van der Waals surface area contributed by atoms with E-state index in [1.54, 1.807) is 44.4 Å². The Bertz CT molecular complexity index is 988. The van der Waals surface area contributed by atoms with Gasteiger partial charge in [-0.1, -0.05) is 26.8 Å². The van der Waals surface area contributed by atoms with Gasteiger partial charge in [-0.05, 0) is 29.3 Å². The SMILES string of the molecule is COC(=O)N[C@H](C(=O)N1C[C@H](COc2ccnc(-c3cccs3)c2)C[C@H]1C(=O)O)C(C)(C)C. The maximum atomic E-state index is 13.3. The van der Waals surface area contributed by atoms with Crippen molar-refractivity contribution in [2.24, 2.45) is 11.3 Å². The van der Waals surface area contributed by atoms with Crippen molar-refractivity contribution in [2.75, 3.05) is 20.3 Å². The van der Waals surface area contributed by atoms with E-state index >= 15 is 0 Å². The molecular weight excluding hydrogens is 446 g/mol. The van der Waals surface area contributed by atoms with Gasteiger partial charge in [-0.25, -0.2) is 9.59 Å². The molecule has 2 amide bonds. The summed E-state index contributed by atoms with van der Waals surface area (Å²) in [5.41, 5.74) is 0.161. The van der Waals surface area contributed by atoms with Gasteiger partial charge in [0.15, 0.2) is 0 Å². The molecule has 178 valence electrons. The highest BCUT2D eigenvalue weighted by molar-refractivity contribution is 7.13. The minimum absolute atomic E-state index is 0.174. The van der Waals surface area contributed by atoms with Crippen LogP contribution < -0.4 is 10.1 Å². The van der Waals surface area contributed by atoms with Crippen molar-refractivity contribution in [2.45, 2.75) is 39.3 Å². The lowest BCUT2D eigenvalue weighted by atomic mass is 9.85. The molecular formula is C23H29N3O6S. The van der Waals surface area contributed by atoms with Gasteiger partial charge in [-0.2, -0.15) is 0 Å². The zero-order chi connectivity index (χ0) is 24.2. The number of alkyl carbamates (subject to hydrolysis) is 1. The van der Waals surface area contributed by atoms with Crippen LogP contribution in [-0.4, -0.2) is 65.3 Å². The van der Waals surface area contributed by atoms with Crippen LogP contribution >= 0.6 is 11.3 Å². The van der Waals surface area contributed by atoms with Crippen molar-refractivity contribution < 1.29 is 29.0 Å². The number of nitrogens with one attached hydrogen (secondary N) is 1. The first-order valence-corrected chi connectivity index (χ1v) is 11.5. The maximum Gasteiger partial charge on any atom is 0.407 e. The number of nitrogens with zero attached hydrogens (tertiary/aromatic N) is 2. The first kappa shape index (κ1) is 24.5. The fourth-order valence-corrected chi connectivity index (χ4v) is 4.48. The molecule has 9 nitrogen and oxygen atoms in total. The summed E-state index contributed by atoms with van der Waals surface area (Å²) in [5, 5.41) is 14.3. The Kier molecular flexibility index (Phi) is 7.57. The van der Waals surface area contributed by atoms with Gasteiger partial charge in [0, 0.05) is 24.7 Å². The Morgan fingerprint density at radius 2 is 2.09 bits per heavy atom. The smallest absolute Gasteiger partial charge is 0.407 e. The number of thiophene rings is 1. The normalized spacial score (nSPS) is 19.1. The fraction of sp³-hybridized carbons (Fsp3) is 0.478. The van der Waals surface area contributed by atoms with E-state index in [-0.39, 0.29) is 25.5 Å². The Hall–Kier alpha value is -3.14. The average Bonchev–Trinajstić information content (AvgIpc) is 3.45. The second kappa shape index (κ2) is 10.2. The topological polar surface area (TPSA) is 118 Å². The molecule has 1 saturated heterocycles. The summed E-state index contributed by atoms with van der Waals surface area (Å²) in [6, 6.07) is 5.59. The molecule has 3 rings (SSSR count). The van der Waals surface area contributed by atoms with Crippen molar-refractivity contribution in [3.05, 3.63) is 35.8 Å². The molecule has 2 aromatic rings. The van der Waals surface area contributed by atoms with E-state index in [2.05, 4.69) is 15.0 Å². The number of hydrogen-bond acceptors (Lipinski definition) is 7. The number of rotatable bonds is 7. The van der Waals surface area contributed by atoms with E-state index in [4.69, 9.17) is 4.74 Å². The predicted molar refractivity (Wildman–Crippen MR) is 123 cm³/mol. The monoisotopic (exact) mass is 475 g/mol. The highest BCUT2D eigenvalue weighted by Crippen LogP contribution is 2.30. The zero-order valence-electron chi connectivity index (χ0n) is 19.1. The number of amides is 2. The maximum absolute atomic E-state index is 13.3. The summed E-state index contributed by atoms with van der Waals surface area (Å²) >= 11 is 1.58. The van der Waals surface area contributed by atoms with Crippen molar-refractivity contribution in [1.29, 1.82) is 0 Å². The Balaban J connectivity index is 1.70.